The minimum absolute atomic E-state index is 0.00617. The van der Waals surface area contributed by atoms with Gasteiger partial charge in [-0.15, -0.1) is 0 Å². The van der Waals surface area contributed by atoms with E-state index < -0.39 is 0 Å². The highest BCUT2D eigenvalue weighted by molar-refractivity contribution is 5.74. The number of carbonyl (C=O) groups excluding carboxylic acids is 1. The monoisotopic (exact) mass is 317 g/mol. The summed E-state index contributed by atoms with van der Waals surface area (Å²) in [5.41, 5.74) is 7.40. The Morgan fingerprint density at radius 1 is 1.26 bits per heavy atom. The Bertz CT molecular complexity index is 529. The van der Waals surface area contributed by atoms with Gasteiger partial charge in [-0.3, -0.25) is 0 Å². The Hall–Kier alpha value is -1.55. The van der Waals surface area contributed by atoms with Crippen LogP contribution in [0, 0.1) is 5.41 Å². The Kier molecular flexibility index (Phi) is 5.35. The van der Waals surface area contributed by atoms with Gasteiger partial charge in [0.05, 0.1) is 0 Å². The highest BCUT2D eigenvalue weighted by atomic mass is 16.2. The Balaban J connectivity index is 1.89. The average molecular weight is 317 g/mol. The predicted molar refractivity (Wildman–Crippen MR) is 95.3 cm³/mol. The molecule has 1 aromatic carbocycles. The van der Waals surface area contributed by atoms with Crippen molar-refractivity contribution in [2.24, 2.45) is 11.1 Å². The zero-order chi connectivity index (χ0) is 17.1. The molecule has 4 nitrogen and oxygen atoms in total. The van der Waals surface area contributed by atoms with E-state index in [0.717, 1.165) is 25.7 Å². The van der Waals surface area contributed by atoms with E-state index in [1.54, 1.807) is 4.90 Å². The molecule has 0 aromatic heterocycles. The number of hydrogen-bond donors (Lipinski definition) is 2. The Morgan fingerprint density at radius 3 is 2.52 bits per heavy atom. The van der Waals surface area contributed by atoms with Crippen LogP contribution in [0.25, 0.3) is 0 Å². The van der Waals surface area contributed by atoms with Gasteiger partial charge in [-0.25, -0.2) is 4.79 Å². The lowest BCUT2D eigenvalue weighted by molar-refractivity contribution is 0.114. The maximum Gasteiger partial charge on any atom is 0.317 e. The molecule has 2 amide bonds. The molecule has 0 bridgehead atoms. The maximum atomic E-state index is 12.5. The Morgan fingerprint density at radius 2 is 1.91 bits per heavy atom. The first kappa shape index (κ1) is 17.8. The molecule has 2 rings (SSSR count). The Labute approximate surface area is 140 Å². The van der Waals surface area contributed by atoms with Gasteiger partial charge in [0, 0.05) is 25.2 Å². The van der Waals surface area contributed by atoms with Crippen LogP contribution < -0.4 is 11.1 Å². The fourth-order valence-corrected chi connectivity index (χ4v) is 4.05. The second-order valence-electron chi connectivity index (χ2n) is 8.16. The molecule has 1 aromatic rings. The molecule has 2 atom stereocenters. The summed E-state index contributed by atoms with van der Waals surface area (Å²) in [6.07, 6.45) is 3.69. The first-order chi connectivity index (χ1) is 10.7. The molecule has 1 aliphatic rings. The van der Waals surface area contributed by atoms with Crippen molar-refractivity contribution in [3.63, 3.8) is 0 Å². The highest BCUT2D eigenvalue weighted by Crippen LogP contribution is 2.40. The molecule has 0 radical (unpaired) electrons. The zero-order valence-corrected chi connectivity index (χ0v) is 14.9. The third kappa shape index (κ3) is 5.24. The molecule has 0 spiro atoms. The largest absolute Gasteiger partial charge is 0.333 e. The van der Waals surface area contributed by atoms with Gasteiger partial charge in [0.1, 0.15) is 0 Å². The molecule has 23 heavy (non-hydrogen) atoms. The van der Waals surface area contributed by atoms with Crippen LogP contribution in [0.1, 0.15) is 45.6 Å². The molecule has 0 aliphatic heterocycles. The zero-order valence-electron chi connectivity index (χ0n) is 14.9. The van der Waals surface area contributed by atoms with Gasteiger partial charge in [-0.05, 0) is 43.6 Å². The smallest absolute Gasteiger partial charge is 0.317 e. The molecule has 0 heterocycles. The van der Waals surface area contributed by atoms with Crippen molar-refractivity contribution in [3.8, 4) is 0 Å². The molecule has 128 valence electrons. The van der Waals surface area contributed by atoms with Crippen molar-refractivity contribution < 1.29 is 4.79 Å². The summed E-state index contributed by atoms with van der Waals surface area (Å²) >= 11 is 0. The minimum Gasteiger partial charge on any atom is -0.333 e. The van der Waals surface area contributed by atoms with E-state index in [2.05, 4.69) is 38.2 Å². The van der Waals surface area contributed by atoms with E-state index >= 15 is 0 Å². The van der Waals surface area contributed by atoms with Gasteiger partial charge >= 0.3 is 6.03 Å². The van der Waals surface area contributed by atoms with Gasteiger partial charge < -0.3 is 16.0 Å². The fourth-order valence-electron chi connectivity index (χ4n) is 4.05. The SMILES string of the molecule is CN(CCc1ccccc1)C(=O)NC1(C)CC(N)CC(C)(C)C1. The van der Waals surface area contributed by atoms with Crippen LogP contribution in [0.4, 0.5) is 4.79 Å². The molecular weight excluding hydrogens is 286 g/mol. The number of carbonyl (C=O) groups is 1. The third-order valence-electron chi connectivity index (χ3n) is 4.73. The van der Waals surface area contributed by atoms with Gasteiger partial charge in [0.15, 0.2) is 0 Å². The van der Waals surface area contributed by atoms with E-state index in [9.17, 15) is 4.79 Å². The second kappa shape index (κ2) is 6.91. The van der Waals surface area contributed by atoms with E-state index in [-0.39, 0.29) is 23.0 Å². The summed E-state index contributed by atoms with van der Waals surface area (Å²) in [5.74, 6) is 0. The van der Waals surface area contributed by atoms with Gasteiger partial charge in [-0.2, -0.15) is 0 Å². The number of amides is 2. The molecule has 4 heteroatoms. The highest BCUT2D eigenvalue weighted by Gasteiger charge is 2.41. The van der Waals surface area contributed by atoms with Crippen molar-refractivity contribution >= 4 is 6.03 Å². The number of nitrogens with one attached hydrogen (secondary N) is 1. The van der Waals surface area contributed by atoms with Crippen LogP contribution in [-0.4, -0.2) is 36.1 Å². The van der Waals surface area contributed by atoms with Gasteiger partial charge in [0.2, 0.25) is 0 Å². The lowest BCUT2D eigenvalue weighted by Crippen LogP contribution is -2.58. The molecule has 1 aliphatic carbocycles. The van der Waals surface area contributed by atoms with Crippen LogP contribution in [0.3, 0.4) is 0 Å². The summed E-state index contributed by atoms with van der Waals surface area (Å²) in [7, 11) is 1.86. The summed E-state index contributed by atoms with van der Waals surface area (Å²) in [4.78, 5) is 14.3. The maximum absolute atomic E-state index is 12.5. The topological polar surface area (TPSA) is 58.4 Å². The molecular formula is C19H31N3O. The van der Waals surface area contributed by atoms with Crippen LogP contribution in [-0.2, 0) is 6.42 Å². The second-order valence-corrected chi connectivity index (χ2v) is 8.16. The van der Waals surface area contributed by atoms with Crippen LogP contribution >= 0.6 is 0 Å². The van der Waals surface area contributed by atoms with Crippen LogP contribution in [0.15, 0.2) is 30.3 Å². The summed E-state index contributed by atoms with van der Waals surface area (Å²) in [6, 6.07) is 10.4. The molecule has 0 saturated heterocycles. The average Bonchev–Trinajstić information content (AvgIpc) is 2.42. The van der Waals surface area contributed by atoms with Crippen molar-refractivity contribution in [1.82, 2.24) is 10.2 Å². The van der Waals surface area contributed by atoms with Crippen molar-refractivity contribution in [2.45, 2.75) is 58.0 Å². The van der Waals surface area contributed by atoms with E-state index in [1.165, 1.54) is 5.56 Å². The number of likely N-dealkylation sites (N-methyl/N-ethyl adjacent to an activating group) is 1. The number of rotatable bonds is 4. The van der Waals surface area contributed by atoms with E-state index in [4.69, 9.17) is 5.73 Å². The first-order valence-electron chi connectivity index (χ1n) is 8.52. The standard InChI is InChI=1S/C19H31N3O/c1-18(2)12-16(20)13-19(3,14-18)21-17(23)22(4)11-10-15-8-6-5-7-9-15/h5-9,16H,10-14,20H2,1-4H3,(H,21,23). The minimum atomic E-state index is -0.223. The number of nitrogens with zero attached hydrogens (tertiary/aromatic N) is 1. The number of hydrogen-bond acceptors (Lipinski definition) is 2. The van der Waals surface area contributed by atoms with Crippen molar-refractivity contribution in [3.05, 3.63) is 35.9 Å². The molecule has 1 fully saturated rings. The van der Waals surface area contributed by atoms with Crippen molar-refractivity contribution in [2.75, 3.05) is 13.6 Å². The van der Waals surface area contributed by atoms with Crippen molar-refractivity contribution in [1.29, 1.82) is 0 Å². The van der Waals surface area contributed by atoms with Gasteiger partial charge in [0.25, 0.3) is 0 Å². The summed E-state index contributed by atoms with van der Waals surface area (Å²) in [5, 5.41) is 3.22. The third-order valence-corrected chi connectivity index (χ3v) is 4.73. The molecule has 1 saturated carbocycles. The summed E-state index contributed by atoms with van der Waals surface area (Å²) in [6.45, 7) is 7.29. The normalized spacial score (nSPS) is 26.6. The lowest BCUT2D eigenvalue weighted by atomic mass is 9.67. The lowest BCUT2D eigenvalue weighted by Gasteiger charge is -2.46. The number of benzene rings is 1. The summed E-state index contributed by atoms with van der Waals surface area (Å²) < 4.78 is 0. The van der Waals surface area contributed by atoms with Gasteiger partial charge in [-0.1, -0.05) is 44.2 Å². The van der Waals surface area contributed by atoms with E-state index in [1.807, 2.05) is 25.2 Å². The quantitative estimate of drug-likeness (QED) is 0.896. The fraction of sp³-hybridized carbons (Fsp3) is 0.632. The molecule has 2 unspecified atom stereocenters. The number of urea groups is 1. The predicted octanol–water partition coefficient (Wildman–Crippen LogP) is 3.17. The molecule has 3 N–H and O–H groups in total. The van der Waals surface area contributed by atoms with Crippen LogP contribution in [0.2, 0.25) is 0 Å². The van der Waals surface area contributed by atoms with E-state index in [0.29, 0.717) is 6.54 Å². The first-order valence-corrected chi connectivity index (χ1v) is 8.52. The van der Waals surface area contributed by atoms with Crippen LogP contribution in [0.5, 0.6) is 0 Å². The number of nitrogens with two attached hydrogens (primary N) is 1.